The second kappa shape index (κ2) is 11.5. The summed E-state index contributed by atoms with van der Waals surface area (Å²) in [5.41, 5.74) is 2.94. The summed E-state index contributed by atoms with van der Waals surface area (Å²) in [4.78, 5) is 5.33. The van der Waals surface area contributed by atoms with Crippen molar-refractivity contribution in [3.8, 4) is 0 Å². The third-order valence-electron chi connectivity index (χ3n) is 6.71. The summed E-state index contributed by atoms with van der Waals surface area (Å²) in [6, 6.07) is 9.02. The van der Waals surface area contributed by atoms with E-state index >= 15 is 0 Å². The van der Waals surface area contributed by atoms with Crippen LogP contribution in [0.1, 0.15) is 52.7 Å². The van der Waals surface area contributed by atoms with E-state index in [4.69, 9.17) is 0 Å². The van der Waals surface area contributed by atoms with Crippen molar-refractivity contribution < 1.29 is 0 Å². The molecule has 0 radical (unpaired) electrons. The Morgan fingerprint density at radius 3 is 1.68 bits per heavy atom. The van der Waals surface area contributed by atoms with E-state index in [2.05, 4.69) is 87.8 Å². The van der Waals surface area contributed by atoms with E-state index < -0.39 is 26.5 Å². The summed E-state index contributed by atoms with van der Waals surface area (Å²) in [6.07, 6.45) is 6.06. The molecule has 0 aliphatic heterocycles. The summed E-state index contributed by atoms with van der Waals surface area (Å²) in [5, 5.41) is 8.49. The van der Waals surface area contributed by atoms with Gasteiger partial charge in [0.1, 0.15) is 0 Å². The molecule has 0 N–H and O–H groups in total. The van der Waals surface area contributed by atoms with Gasteiger partial charge in [-0.2, -0.15) is 0 Å². The summed E-state index contributed by atoms with van der Waals surface area (Å²) in [7, 11) is 0. The molecule has 0 bridgehead atoms. The minimum atomic E-state index is -1.73. The number of hydrogen-bond donors (Lipinski definition) is 0. The third kappa shape index (κ3) is 6.47. The molecule has 0 spiro atoms. The molecule has 0 unspecified atom stereocenters. The molecule has 0 saturated carbocycles. The van der Waals surface area contributed by atoms with Crippen LogP contribution >= 0.6 is 0 Å². The Kier molecular flexibility index (Phi) is 10.5. The van der Waals surface area contributed by atoms with Crippen LogP contribution in [0, 0.1) is 0 Å². The normalized spacial score (nSPS) is 13.2. The maximum atomic E-state index is 2.67. The average molecular weight is 462 g/mol. The van der Waals surface area contributed by atoms with Crippen molar-refractivity contribution in [2.75, 3.05) is 0 Å². The predicted octanol–water partition coefficient (Wildman–Crippen LogP) is 7.89. The molecular formula is C23H40Ge2. The van der Waals surface area contributed by atoms with E-state index in [1.807, 2.05) is 0 Å². The number of rotatable bonds is 11. The Morgan fingerprint density at radius 2 is 1.16 bits per heavy atom. The van der Waals surface area contributed by atoms with Crippen molar-refractivity contribution in [2.45, 2.75) is 79.5 Å². The van der Waals surface area contributed by atoms with Crippen LogP contribution in [0.3, 0.4) is 0 Å². The molecule has 0 aliphatic rings. The van der Waals surface area contributed by atoms with Gasteiger partial charge in [0.05, 0.1) is 0 Å². The van der Waals surface area contributed by atoms with Gasteiger partial charge in [-0.1, -0.05) is 0 Å². The molecule has 2 heteroatoms. The summed E-state index contributed by atoms with van der Waals surface area (Å²) < 4.78 is 0. The quantitative estimate of drug-likeness (QED) is 0.294. The molecule has 0 fully saturated rings. The van der Waals surface area contributed by atoms with Gasteiger partial charge < -0.3 is 0 Å². The van der Waals surface area contributed by atoms with Crippen LogP contribution in [-0.4, -0.2) is 26.5 Å². The average Bonchev–Trinajstić information content (AvgIpc) is 2.68. The first-order valence-electron chi connectivity index (χ1n) is 10.5. The molecule has 1 rings (SSSR count). The second-order valence-corrected chi connectivity index (χ2v) is 29.2. The monoisotopic (exact) mass is 464 g/mol. The molecular weight excluding hydrogens is 421 g/mol. The van der Waals surface area contributed by atoms with Crippen LogP contribution in [0.25, 0.3) is 6.08 Å². The number of benzene rings is 1. The topological polar surface area (TPSA) is 0 Å². The van der Waals surface area contributed by atoms with Crippen molar-refractivity contribution >= 4 is 32.6 Å². The van der Waals surface area contributed by atoms with Crippen molar-refractivity contribution in [3.63, 3.8) is 0 Å². The first-order chi connectivity index (χ1) is 12.0. The zero-order valence-corrected chi connectivity index (χ0v) is 21.8. The van der Waals surface area contributed by atoms with Crippen LogP contribution in [0.4, 0.5) is 0 Å². The van der Waals surface area contributed by atoms with Gasteiger partial charge in [0.25, 0.3) is 0 Å². The van der Waals surface area contributed by atoms with Crippen LogP contribution in [0.5, 0.6) is 0 Å². The van der Waals surface area contributed by atoms with Gasteiger partial charge in [-0.05, 0) is 0 Å². The zero-order valence-electron chi connectivity index (χ0n) is 17.6. The van der Waals surface area contributed by atoms with E-state index in [1.54, 1.807) is 0 Å². The van der Waals surface area contributed by atoms with Gasteiger partial charge >= 0.3 is 163 Å². The molecule has 25 heavy (non-hydrogen) atoms. The van der Waals surface area contributed by atoms with Crippen molar-refractivity contribution in [1.29, 1.82) is 0 Å². The molecule has 0 atom stereocenters. The molecule has 1 aromatic rings. The molecule has 0 amide bonds. The Hall–Kier alpha value is -0.214. The molecule has 1 aromatic carbocycles. The number of hydrogen-bond acceptors (Lipinski definition) is 0. The van der Waals surface area contributed by atoms with Crippen LogP contribution in [0.15, 0.2) is 40.2 Å². The van der Waals surface area contributed by atoms with Crippen molar-refractivity contribution in [2.24, 2.45) is 0 Å². The van der Waals surface area contributed by atoms with Crippen LogP contribution in [0.2, 0.25) is 31.5 Å². The van der Waals surface area contributed by atoms with E-state index in [9.17, 15) is 0 Å². The molecule has 0 saturated heterocycles. The fraction of sp³-hybridized carbons (Fsp3) is 0.565. The minimum absolute atomic E-state index is 1.10. The van der Waals surface area contributed by atoms with E-state index in [-0.39, 0.29) is 0 Å². The fourth-order valence-corrected chi connectivity index (χ4v) is 15.5. The molecule has 0 aliphatic carbocycles. The van der Waals surface area contributed by atoms with Crippen LogP contribution in [-0.2, 0) is 6.42 Å². The maximum absolute atomic E-state index is 2.67. The van der Waals surface area contributed by atoms with Gasteiger partial charge in [-0.3, -0.25) is 0 Å². The van der Waals surface area contributed by atoms with E-state index in [1.165, 1.54) is 42.6 Å². The second-order valence-electron chi connectivity index (χ2n) is 7.48. The summed E-state index contributed by atoms with van der Waals surface area (Å²) in [6.45, 7) is 14.4. The summed E-state index contributed by atoms with van der Waals surface area (Å²) >= 11 is -3.42. The molecule has 140 valence electrons. The Morgan fingerprint density at radius 1 is 0.680 bits per heavy atom. The SMILES string of the molecule is C[CH2][Ge](/[CH]=C/Cc1ccccc1/C=[CH]/[Ge]([CH2]C)([CH2]C)[CH2]C)([CH2]C)[CH2]C. The predicted molar refractivity (Wildman–Crippen MR) is 123 cm³/mol. The molecule has 0 nitrogen and oxygen atoms in total. The van der Waals surface area contributed by atoms with Crippen LogP contribution < -0.4 is 0 Å². The van der Waals surface area contributed by atoms with Gasteiger partial charge in [0.2, 0.25) is 0 Å². The van der Waals surface area contributed by atoms with Crippen molar-refractivity contribution in [1.82, 2.24) is 0 Å². The van der Waals surface area contributed by atoms with E-state index in [0.29, 0.717) is 0 Å². The van der Waals surface area contributed by atoms with Gasteiger partial charge in [-0.15, -0.1) is 0 Å². The fourth-order valence-electron chi connectivity index (χ4n) is 3.79. The summed E-state index contributed by atoms with van der Waals surface area (Å²) in [5.74, 6) is 0. The van der Waals surface area contributed by atoms with Gasteiger partial charge in [-0.25, -0.2) is 0 Å². The first kappa shape index (κ1) is 22.8. The first-order valence-corrected chi connectivity index (χ1v) is 21.8. The zero-order chi connectivity index (χ0) is 18.8. The standard InChI is InChI=1S/C23H40Ge2/c1-7-24(8-2,9-3)20-15-18-22-16-13-14-17-23(22)19-21-25(10-4,11-5)12-6/h13-17,19-21H,7-12,18H2,1-6H3/b20-15+,21-19+. The number of allylic oxidation sites excluding steroid dienone is 1. The van der Waals surface area contributed by atoms with Crippen molar-refractivity contribution in [3.05, 3.63) is 51.3 Å². The van der Waals surface area contributed by atoms with E-state index in [0.717, 1.165) is 6.42 Å². The van der Waals surface area contributed by atoms with Gasteiger partial charge in [0, 0.05) is 0 Å². The third-order valence-corrected chi connectivity index (χ3v) is 28.2. The molecule has 0 aromatic heterocycles. The Labute approximate surface area is 162 Å². The Balaban J connectivity index is 2.98. The van der Waals surface area contributed by atoms with Gasteiger partial charge in [0.15, 0.2) is 0 Å². The molecule has 0 heterocycles. The Bertz CT molecular complexity index is 532.